The second kappa shape index (κ2) is 7.87. The summed E-state index contributed by atoms with van der Waals surface area (Å²) >= 11 is 0. The van der Waals surface area contributed by atoms with Crippen LogP contribution in [0.4, 0.5) is 0 Å². The van der Waals surface area contributed by atoms with E-state index in [2.05, 4.69) is 5.32 Å². The van der Waals surface area contributed by atoms with Crippen molar-refractivity contribution >= 4 is 5.91 Å². The summed E-state index contributed by atoms with van der Waals surface area (Å²) in [7, 11) is 3.25. The maximum atomic E-state index is 11.7. The van der Waals surface area contributed by atoms with Gasteiger partial charge >= 0.3 is 0 Å². The van der Waals surface area contributed by atoms with E-state index in [0.29, 0.717) is 6.42 Å². The molecule has 1 aromatic carbocycles. The molecular formula is C15H24N2O3. The molecule has 0 bridgehead atoms. The molecule has 0 aliphatic rings. The molecule has 5 nitrogen and oxygen atoms in total. The van der Waals surface area contributed by atoms with Crippen molar-refractivity contribution in [1.29, 1.82) is 0 Å². The molecule has 1 rings (SSSR count). The number of methoxy groups -OCH3 is 2. The van der Waals surface area contributed by atoms with E-state index in [-0.39, 0.29) is 24.1 Å². The van der Waals surface area contributed by atoms with Crippen LogP contribution in [0.3, 0.4) is 0 Å². The summed E-state index contributed by atoms with van der Waals surface area (Å²) in [5.74, 6) is 0.723. The Kier molecular flexibility index (Phi) is 6.48. The lowest BCUT2D eigenvalue weighted by Crippen LogP contribution is -2.39. The molecule has 0 spiro atoms. The number of carbonyl (C=O) groups is 1. The normalized spacial score (nSPS) is 15.2. The first-order valence-corrected chi connectivity index (χ1v) is 6.69. The molecule has 0 aliphatic heterocycles. The van der Waals surface area contributed by atoms with Crippen LogP contribution in [0, 0.1) is 0 Å². The molecule has 3 N–H and O–H groups in total. The summed E-state index contributed by atoms with van der Waals surface area (Å²) in [6, 6.07) is 7.32. The Morgan fingerprint density at radius 1 is 1.25 bits per heavy atom. The fourth-order valence-electron chi connectivity index (χ4n) is 2.10. The zero-order valence-electron chi connectivity index (χ0n) is 12.6. The van der Waals surface area contributed by atoms with E-state index in [4.69, 9.17) is 15.2 Å². The standard InChI is InChI=1S/C15H24N2O3/c1-10(16)9-14(18)17-11(2)15(20-4)12-5-7-13(19-3)8-6-12/h5-8,10-11,15H,9,16H2,1-4H3,(H,17,18). The van der Waals surface area contributed by atoms with Crippen molar-refractivity contribution < 1.29 is 14.3 Å². The lowest BCUT2D eigenvalue weighted by atomic mass is 10.0. The Morgan fingerprint density at radius 2 is 1.85 bits per heavy atom. The molecule has 0 saturated heterocycles. The summed E-state index contributed by atoms with van der Waals surface area (Å²) < 4.78 is 10.6. The van der Waals surface area contributed by atoms with Crippen LogP contribution < -0.4 is 15.8 Å². The highest BCUT2D eigenvalue weighted by molar-refractivity contribution is 5.76. The predicted octanol–water partition coefficient (Wildman–Crippen LogP) is 1.62. The highest BCUT2D eigenvalue weighted by Crippen LogP contribution is 2.23. The van der Waals surface area contributed by atoms with Crippen molar-refractivity contribution in [3.63, 3.8) is 0 Å². The van der Waals surface area contributed by atoms with E-state index in [1.807, 2.05) is 38.1 Å². The Bertz CT molecular complexity index is 418. The third-order valence-corrected chi connectivity index (χ3v) is 3.05. The van der Waals surface area contributed by atoms with Crippen LogP contribution in [0.15, 0.2) is 24.3 Å². The van der Waals surface area contributed by atoms with E-state index < -0.39 is 0 Å². The molecule has 3 atom stereocenters. The molecule has 5 heteroatoms. The minimum absolute atomic E-state index is 0.0666. The summed E-state index contributed by atoms with van der Waals surface area (Å²) in [6.45, 7) is 3.72. The molecule has 20 heavy (non-hydrogen) atoms. The van der Waals surface area contributed by atoms with Crippen molar-refractivity contribution in [3.8, 4) is 5.75 Å². The SMILES string of the molecule is COc1ccc(C(OC)C(C)NC(=O)CC(C)N)cc1. The monoisotopic (exact) mass is 280 g/mol. The smallest absolute Gasteiger partial charge is 0.221 e. The quantitative estimate of drug-likeness (QED) is 0.796. The summed E-state index contributed by atoms with van der Waals surface area (Å²) in [4.78, 5) is 11.7. The van der Waals surface area contributed by atoms with Gasteiger partial charge in [-0.2, -0.15) is 0 Å². The van der Waals surface area contributed by atoms with Gasteiger partial charge in [-0.1, -0.05) is 12.1 Å². The number of ether oxygens (including phenoxy) is 2. The minimum atomic E-state index is -0.210. The van der Waals surface area contributed by atoms with Gasteiger partial charge in [0.15, 0.2) is 0 Å². The van der Waals surface area contributed by atoms with E-state index in [0.717, 1.165) is 11.3 Å². The van der Waals surface area contributed by atoms with Gasteiger partial charge in [0.2, 0.25) is 5.91 Å². The second-order valence-electron chi connectivity index (χ2n) is 4.97. The number of nitrogens with two attached hydrogens (primary N) is 1. The topological polar surface area (TPSA) is 73.6 Å². The Hall–Kier alpha value is -1.59. The van der Waals surface area contributed by atoms with Gasteiger partial charge in [-0.05, 0) is 31.5 Å². The van der Waals surface area contributed by atoms with Crippen LogP contribution in [-0.4, -0.2) is 32.2 Å². The molecule has 0 fully saturated rings. The molecule has 0 radical (unpaired) electrons. The number of hydrogen-bond acceptors (Lipinski definition) is 4. The molecule has 0 aromatic heterocycles. The van der Waals surface area contributed by atoms with E-state index in [9.17, 15) is 4.79 Å². The van der Waals surface area contributed by atoms with Gasteiger partial charge in [0.05, 0.1) is 13.2 Å². The van der Waals surface area contributed by atoms with Gasteiger partial charge in [-0.3, -0.25) is 4.79 Å². The zero-order chi connectivity index (χ0) is 15.1. The van der Waals surface area contributed by atoms with Crippen LogP contribution in [0.25, 0.3) is 0 Å². The fraction of sp³-hybridized carbons (Fsp3) is 0.533. The van der Waals surface area contributed by atoms with Gasteiger partial charge in [-0.25, -0.2) is 0 Å². The van der Waals surface area contributed by atoms with Crippen LogP contribution in [0.5, 0.6) is 5.75 Å². The molecule has 1 amide bonds. The van der Waals surface area contributed by atoms with Crippen molar-refractivity contribution in [2.45, 2.75) is 38.5 Å². The third-order valence-electron chi connectivity index (χ3n) is 3.05. The van der Waals surface area contributed by atoms with Crippen molar-refractivity contribution in [3.05, 3.63) is 29.8 Å². The van der Waals surface area contributed by atoms with E-state index >= 15 is 0 Å². The van der Waals surface area contributed by atoms with E-state index in [1.165, 1.54) is 0 Å². The van der Waals surface area contributed by atoms with Gasteiger partial charge in [0.25, 0.3) is 0 Å². The molecular weight excluding hydrogens is 256 g/mol. The zero-order valence-corrected chi connectivity index (χ0v) is 12.6. The van der Waals surface area contributed by atoms with E-state index in [1.54, 1.807) is 14.2 Å². The first-order valence-electron chi connectivity index (χ1n) is 6.69. The third kappa shape index (κ3) is 4.83. The van der Waals surface area contributed by atoms with Gasteiger partial charge < -0.3 is 20.5 Å². The maximum absolute atomic E-state index is 11.7. The summed E-state index contributed by atoms with van der Waals surface area (Å²) in [5.41, 5.74) is 6.60. The Labute approximate surface area is 120 Å². The average molecular weight is 280 g/mol. The van der Waals surface area contributed by atoms with Gasteiger partial charge in [-0.15, -0.1) is 0 Å². The highest BCUT2D eigenvalue weighted by Gasteiger charge is 2.21. The predicted molar refractivity (Wildman–Crippen MR) is 78.6 cm³/mol. The number of rotatable bonds is 7. The van der Waals surface area contributed by atoms with Gasteiger partial charge in [0.1, 0.15) is 11.9 Å². The first kappa shape index (κ1) is 16.5. The number of hydrogen-bond donors (Lipinski definition) is 2. The maximum Gasteiger partial charge on any atom is 0.221 e. The lowest BCUT2D eigenvalue weighted by Gasteiger charge is -2.24. The molecule has 0 heterocycles. The number of nitrogens with one attached hydrogen (secondary N) is 1. The highest BCUT2D eigenvalue weighted by atomic mass is 16.5. The number of benzene rings is 1. The first-order chi connectivity index (χ1) is 9.47. The lowest BCUT2D eigenvalue weighted by molar-refractivity contribution is -0.122. The molecule has 0 aliphatic carbocycles. The van der Waals surface area contributed by atoms with Crippen molar-refractivity contribution in [2.75, 3.05) is 14.2 Å². The van der Waals surface area contributed by atoms with Crippen molar-refractivity contribution in [2.24, 2.45) is 5.73 Å². The Balaban J connectivity index is 2.70. The van der Waals surface area contributed by atoms with Crippen LogP contribution in [0.2, 0.25) is 0 Å². The summed E-state index contributed by atoms with van der Waals surface area (Å²) in [5, 5.41) is 2.91. The van der Waals surface area contributed by atoms with Crippen LogP contribution in [0.1, 0.15) is 31.9 Å². The molecule has 112 valence electrons. The minimum Gasteiger partial charge on any atom is -0.497 e. The largest absolute Gasteiger partial charge is 0.497 e. The number of carbonyl (C=O) groups excluding carboxylic acids is 1. The molecule has 3 unspecified atom stereocenters. The second-order valence-corrected chi connectivity index (χ2v) is 4.97. The number of amides is 1. The molecule has 0 saturated carbocycles. The van der Waals surface area contributed by atoms with Crippen LogP contribution >= 0.6 is 0 Å². The summed E-state index contributed by atoms with van der Waals surface area (Å²) in [6.07, 6.45) is 0.0987. The molecule has 1 aromatic rings. The van der Waals surface area contributed by atoms with Crippen molar-refractivity contribution in [1.82, 2.24) is 5.32 Å². The van der Waals surface area contributed by atoms with Crippen LogP contribution in [-0.2, 0) is 9.53 Å². The average Bonchev–Trinajstić information content (AvgIpc) is 2.39. The fourth-order valence-corrected chi connectivity index (χ4v) is 2.10. The Morgan fingerprint density at radius 3 is 2.30 bits per heavy atom. The van der Waals surface area contributed by atoms with Gasteiger partial charge in [0, 0.05) is 19.6 Å².